The van der Waals surface area contributed by atoms with E-state index in [4.69, 9.17) is 0 Å². The molecule has 2 fully saturated rings. The third-order valence-corrected chi connectivity index (χ3v) is 4.43. The Morgan fingerprint density at radius 2 is 2.05 bits per heavy atom. The molecule has 2 atom stereocenters. The summed E-state index contributed by atoms with van der Waals surface area (Å²) in [6.07, 6.45) is 8.04. The lowest BCUT2D eigenvalue weighted by Gasteiger charge is -2.37. The Balaban J connectivity index is 0.000001000. The molecule has 20 heavy (non-hydrogen) atoms. The maximum atomic E-state index is 12.6. The fraction of sp³-hybridized carbons (Fsp3) is 0.571. The lowest BCUT2D eigenvalue weighted by atomic mass is 9.67. The third-order valence-electron chi connectivity index (χ3n) is 4.43. The maximum absolute atomic E-state index is 12.6. The van der Waals surface area contributed by atoms with Gasteiger partial charge in [0.25, 0.3) is 0 Å². The van der Waals surface area contributed by atoms with Crippen LogP contribution in [0.1, 0.15) is 25.7 Å². The van der Waals surface area contributed by atoms with Gasteiger partial charge in [0.2, 0.25) is 5.91 Å². The molecule has 0 spiro atoms. The molecule has 1 aliphatic heterocycles. The zero-order chi connectivity index (χ0) is 12.4. The molecular formula is C14H21Cl2N3O. The van der Waals surface area contributed by atoms with E-state index in [1.54, 1.807) is 12.4 Å². The fourth-order valence-electron chi connectivity index (χ4n) is 3.38. The van der Waals surface area contributed by atoms with Gasteiger partial charge in [-0.25, -0.2) is 0 Å². The van der Waals surface area contributed by atoms with Crippen molar-refractivity contribution in [3.63, 3.8) is 0 Å². The van der Waals surface area contributed by atoms with Crippen LogP contribution in [0.3, 0.4) is 0 Å². The molecule has 2 heterocycles. The Kier molecular flexibility index (Phi) is 6.24. The van der Waals surface area contributed by atoms with E-state index in [-0.39, 0.29) is 36.1 Å². The first-order valence-electron chi connectivity index (χ1n) is 6.73. The van der Waals surface area contributed by atoms with Crippen molar-refractivity contribution in [3.8, 4) is 0 Å². The number of amides is 1. The summed E-state index contributed by atoms with van der Waals surface area (Å²) in [5.41, 5.74) is 0.669. The second kappa shape index (κ2) is 7.25. The average Bonchev–Trinajstić information content (AvgIpc) is 2.85. The first kappa shape index (κ1) is 17.2. The molecule has 2 aliphatic rings. The Labute approximate surface area is 131 Å². The van der Waals surface area contributed by atoms with Crippen molar-refractivity contribution in [2.75, 3.05) is 18.4 Å². The highest BCUT2D eigenvalue weighted by Crippen LogP contribution is 2.44. The van der Waals surface area contributed by atoms with Gasteiger partial charge in [0.15, 0.2) is 0 Å². The molecular weight excluding hydrogens is 297 g/mol. The molecule has 1 aromatic rings. The van der Waals surface area contributed by atoms with Crippen LogP contribution in [0.5, 0.6) is 0 Å². The van der Waals surface area contributed by atoms with Crippen molar-refractivity contribution in [1.29, 1.82) is 0 Å². The van der Waals surface area contributed by atoms with Crippen molar-refractivity contribution in [3.05, 3.63) is 24.5 Å². The highest BCUT2D eigenvalue weighted by Gasteiger charge is 2.49. The standard InChI is InChI=1S/C14H19N3O.2ClH/c18-13(17-12-4-7-15-8-5-12)14-6-2-1-3-11(14)9-16-10-14;;/h4-5,7-8,11,16H,1-3,6,9-10H2,(H,15,17,18);2*1H/t11-,14+;;/m0../s1. The lowest BCUT2D eigenvalue weighted by Crippen LogP contribution is -2.44. The van der Waals surface area contributed by atoms with Crippen molar-refractivity contribution < 1.29 is 4.79 Å². The summed E-state index contributed by atoms with van der Waals surface area (Å²) in [7, 11) is 0. The largest absolute Gasteiger partial charge is 0.325 e. The first-order valence-corrected chi connectivity index (χ1v) is 6.73. The second-order valence-electron chi connectivity index (χ2n) is 5.42. The number of rotatable bonds is 2. The fourth-order valence-corrected chi connectivity index (χ4v) is 3.38. The summed E-state index contributed by atoms with van der Waals surface area (Å²) in [5.74, 6) is 0.691. The molecule has 1 saturated heterocycles. The average molecular weight is 318 g/mol. The van der Waals surface area contributed by atoms with Crippen LogP contribution in [0.2, 0.25) is 0 Å². The van der Waals surface area contributed by atoms with Crippen LogP contribution < -0.4 is 10.6 Å². The number of fused-ring (bicyclic) bond motifs is 1. The van der Waals surface area contributed by atoms with Crippen molar-refractivity contribution in [2.45, 2.75) is 25.7 Å². The summed E-state index contributed by atoms with van der Waals surface area (Å²) in [4.78, 5) is 16.6. The highest BCUT2D eigenvalue weighted by atomic mass is 35.5. The highest BCUT2D eigenvalue weighted by molar-refractivity contribution is 5.96. The van der Waals surface area contributed by atoms with Gasteiger partial charge in [-0.2, -0.15) is 0 Å². The number of pyridine rings is 1. The maximum Gasteiger partial charge on any atom is 0.232 e. The molecule has 3 rings (SSSR count). The summed E-state index contributed by atoms with van der Waals surface area (Å²) in [6, 6.07) is 3.68. The van der Waals surface area contributed by atoms with E-state index in [1.807, 2.05) is 12.1 Å². The Bertz CT molecular complexity index is 443. The van der Waals surface area contributed by atoms with Crippen LogP contribution in [0.25, 0.3) is 0 Å². The molecule has 1 saturated carbocycles. The van der Waals surface area contributed by atoms with Crippen molar-refractivity contribution in [2.24, 2.45) is 11.3 Å². The van der Waals surface area contributed by atoms with Crippen LogP contribution in [0.4, 0.5) is 5.69 Å². The molecule has 0 radical (unpaired) electrons. The van der Waals surface area contributed by atoms with Gasteiger partial charge in [0.1, 0.15) is 0 Å². The quantitative estimate of drug-likeness (QED) is 0.881. The number of carbonyl (C=O) groups is 1. The normalized spacial score (nSPS) is 27.7. The summed E-state index contributed by atoms with van der Waals surface area (Å²) in [6.45, 7) is 1.82. The van der Waals surface area contributed by atoms with E-state index in [2.05, 4.69) is 15.6 Å². The second-order valence-corrected chi connectivity index (χ2v) is 5.42. The van der Waals surface area contributed by atoms with E-state index in [1.165, 1.54) is 19.3 Å². The molecule has 112 valence electrons. The molecule has 1 aromatic heterocycles. The summed E-state index contributed by atoms with van der Waals surface area (Å²) < 4.78 is 0. The van der Waals surface area contributed by atoms with Gasteiger partial charge >= 0.3 is 0 Å². The molecule has 1 aliphatic carbocycles. The van der Waals surface area contributed by atoms with Crippen LogP contribution in [-0.4, -0.2) is 24.0 Å². The lowest BCUT2D eigenvalue weighted by molar-refractivity contribution is -0.128. The number of nitrogens with zero attached hydrogens (tertiary/aromatic N) is 1. The van der Waals surface area contributed by atoms with Gasteiger partial charge in [-0.1, -0.05) is 12.8 Å². The first-order chi connectivity index (χ1) is 8.81. The smallest absolute Gasteiger partial charge is 0.232 e. The van der Waals surface area contributed by atoms with Gasteiger partial charge in [0, 0.05) is 24.6 Å². The number of aromatic nitrogens is 1. The van der Waals surface area contributed by atoms with Crippen molar-refractivity contribution in [1.82, 2.24) is 10.3 Å². The molecule has 2 N–H and O–H groups in total. The summed E-state index contributed by atoms with van der Waals surface area (Å²) in [5, 5.41) is 6.45. The number of hydrogen-bond acceptors (Lipinski definition) is 3. The van der Waals surface area contributed by atoms with Crippen LogP contribution in [0.15, 0.2) is 24.5 Å². The van der Waals surface area contributed by atoms with Crippen LogP contribution in [-0.2, 0) is 4.79 Å². The Hall–Kier alpha value is -0.840. The summed E-state index contributed by atoms with van der Waals surface area (Å²) >= 11 is 0. The van der Waals surface area contributed by atoms with Crippen molar-refractivity contribution >= 4 is 36.4 Å². The Morgan fingerprint density at radius 3 is 2.80 bits per heavy atom. The van der Waals surface area contributed by atoms with Gasteiger partial charge in [0.05, 0.1) is 5.41 Å². The molecule has 4 nitrogen and oxygen atoms in total. The molecule has 0 bridgehead atoms. The van der Waals surface area contributed by atoms with Gasteiger partial charge in [-0.15, -0.1) is 24.8 Å². The topological polar surface area (TPSA) is 54.0 Å². The minimum Gasteiger partial charge on any atom is -0.325 e. The SMILES string of the molecule is Cl.Cl.O=C(Nc1ccncc1)[C@@]12CCCC[C@H]1CNC2. The third kappa shape index (κ3) is 3.08. The van der Waals surface area contributed by atoms with Crippen LogP contribution in [0, 0.1) is 11.3 Å². The zero-order valence-electron chi connectivity index (χ0n) is 11.3. The monoisotopic (exact) mass is 317 g/mol. The number of carbonyl (C=O) groups excluding carboxylic acids is 1. The van der Waals surface area contributed by atoms with Crippen LogP contribution >= 0.6 is 24.8 Å². The minimum absolute atomic E-state index is 0. The molecule has 1 amide bonds. The minimum atomic E-state index is -0.179. The number of anilines is 1. The number of halogens is 2. The predicted molar refractivity (Wildman–Crippen MR) is 84.6 cm³/mol. The van der Waals surface area contributed by atoms with E-state index < -0.39 is 0 Å². The number of nitrogens with one attached hydrogen (secondary N) is 2. The predicted octanol–water partition coefficient (Wildman–Crippen LogP) is 2.64. The Morgan fingerprint density at radius 1 is 1.30 bits per heavy atom. The van der Waals surface area contributed by atoms with Gasteiger partial charge < -0.3 is 10.6 Å². The molecule has 6 heteroatoms. The van der Waals surface area contributed by atoms with E-state index in [0.29, 0.717) is 5.92 Å². The van der Waals surface area contributed by atoms with E-state index in [9.17, 15) is 4.79 Å². The van der Waals surface area contributed by atoms with Gasteiger partial charge in [-0.3, -0.25) is 9.78 Å². The van der Waals surface area contributed by atoms with E-state index >= 15 is 0 Å². The molecule has 0 aromatic carbocycles. The van der Waals surface area contributed by atoms with E-state index in [0.717, 1.165) is 25.2 Å². The molecule has 0 unspecified atom stereocenters. The number of hydrogen-bond donors (Lipinski definition) is 2. The van der Waals surface area contributed by atoms with Gasteiger partial charge in [-0.05, 0) is 37.4 Å². The zero-order valence-corrected chi connectivity index (χ0v) is 12.9.